The lowest BCUT2D eigenvalue weighted by Crippen LogP contribution is -2.56. The van der Waals surface area contributed by atoms with Gasteiger partial charge in [0.1, 0.15) is 0 Å². The summed E-state index contributed by atoms with van der Waals surface area (Å²) in [6, 6.07) is 0.527. The minimum absolute atomic E-state index is 0.144. The molecule has 2 fully saturated rings. The first kappa shape index (κ1) is 15.9. The molecule has 1 unspecified atom stereocenters. The number of hydrogen-bond donors (Lipinski definition) is 0. The van der Waals surface area contributed by atoms with Gasteiger partial charge in [-0.05, 0) is 32.6 Å². The van der Waals surface area contributed by atoms with Gasteiger partial charge in [-0.2, -0.15) is 0 Å². The van der Waals surface area contributed by atoms with Crippen molar-refractivity contribution >= 4 is 12.1 Å². The van der Waals surface area contributed by atoms with Crippen molar-refractivity contribution in [3.8, 4) is 0 Å². The van der Waals surface area contributed by atoms with Gasteiger partial charge in [0.25, 0.3) is 0 Å². The van der Waals surface area contributed by atoms with Crippen molar-refractivity contribution in [3.63, 3.8) is 0 Å². The molecule has 2 aliphatic rings. The predicted molar refractivity (Wildman–Crippen MR) is 80.2 cm³/mol. The van der Waals surface area contributed by atoms with Gasteiger partial charge in [0.15, 0.2) is 0 Å². The Labute approximate surface area is 127 Å². The molecule has 2 rings (SSSR count). The lowest BCUT2D eigenvalue weighted by Gasteiger charge is -2.41. The summed E-state index contributed by atoms with van der Waals surface area (Å²) in [5.41, 5.74) is 0. The zero-order chi connectivity index (χ0) is 15.2. The summed E-state index contributed by atoms with van der Waals surface area (Å²) in [5, 5.41) is 0. The van der Waals surface area contributed by atoms with Crippen LogP contribution in [0.15, 0.2) is 0 Å². The van der Waals surface area contributed by atoms with Crippen LogP contribution in [0.5, 0.6) is 0 Å². The molecule has 1 atom stereocenters. The molecular formula is C15H27N3O3. The monoisotopic (exact) mass is 297 g/mol. The Morgan fingerprint density at radius 1 is 1.00 bits per heavy atom. The molecule has 0 aromatic rings. The van der Waals surface area contributed by atoms with Crippen molar-refractivity contribution in [2.45, 2.75) is 45.6 Å². The minimum atomic E-state index is -0.269. The van der Waals surface area contributed by atoms with Crippen molar-refractivity contribution in [1.82, 2.24) is 14.7 Å². The average molecular weight is 297 g/mol. The molecule has 2 heterocycles. The summed E-state index contributed by atoms with van der Waals surface area (Å²) in [6.07, 6.45) is 4.19. The fourth-order valence-corrected chi connectivity index (χ4v) is 3.15. The van der Waals surface area contributed by atoms with Crippen LogP contribution in [0.3, 0.4) is 0 Å². The van der Waals surface area contributed by atoms with Crippen molar-refractivity contribution < 1.29 is 14.3 Å². The maximum Gasteiger partial charge on any atom is 0.409 e. The predicted octanol–water partition coefficient (Wildman–Crippen LogP) is 2.15. The average Bonchev–Trinajstić information content (AvgIpc) is 2.54. The number of likely N-dealkylation sites (tertiary alicyclic amines) is 1. The third-order valence-electron chi connectivity index (χ3n) is 4.42. The van der Waals surface area contributed by atoms with Gasteiger partial charge in [0.05, 0.1) is 6.61 Å². The Balaban J connectivity index is 1.86. The number of hydrogen-bond acceptors (Lipinski definition) is 3. The van der Waals surface area contributed by atoms with Crippen LogP contribution in [0, 0.1) is 0 Å². The molecule has 6 nitrogen and oxygen atoms in total. The Hall–Kier alpha value is -1.46. The van der Waals surface area contributed by atoms with E-state index in [4.69, 9.17) is 4.74 Å². The maximum absolute atomic E-state index is 12.6. The Morgan fingerprint density at radius 2 is 1.67 bits per heavy atom. The van der Waals surface area contributed by atoms with Crippen LogP contribution in [0.25, 0.3) is 0 Å². The molecule has 0 spiro atoms. The first-order valence-electron chi connectivity index (χ1n) is 8.14. The highest BCUT2D eigenvalue weighted by atomic mass is 16.6. The van der Waals surface area contributed by atoms with Crippen LogP contribution >= 0.6 is 0 Å². The first-order valence-corrected chi connectivity index (χ1v) is 8.14. The number of piperazine rings is 1. The van der Waals surface area contributed by atoms with Crippen molar-refractivity contribution in [3.05, 3.63) is 0 Å². The topological polar surface area (TPSA) is 53.1 Å². The van der Waals surface area contributed by atoms with Gasteiger partial charge in [0, 0.05) is 38.8 Å². The highest BCUT2D eigenvalue weighted by Gasteiger charge is 2.31. The van der Waals surface area contributed by atoms with E-state index in [2.05, 4.69) is 6.92 Å². The molecule has 2 saturated heterocycles. The number of piperidine rings is 1. The second-order valence-electron chi connectivity index (χ2n) is 5.71. The quantitative estimate of drug-likeness (QED) is 0.784. The Kier molecular flexibility index (Phi) is 5.70. The van der Waals surface area contributed by atoms with E-state index >= 15 is 0 Å². The Morgan fingerprint density at radius 3 is 2.29 bits per heavy atom. The summed E-state index contributed by atoms with van der Waals surface area (Å²) in [6.45, 7) is 7.55. The van der Waals surface area contributed by atoms with Gasteiger partial charge < -0.3 is 19.4 Å². The van der Waals surface area contributed by atoms with Gasteiger partial charge >= 0.3 is 12.1 Å². The number of carbonyl (C=O) groups is 2. The zero-order valence-corrected chi connectivity index (χ0v) is 13.2. The maximum atomic E-state index is 12.6. The highest BCUT2D eigenvalue weighted by Crippen LogP contribution is 2.21. The first-order chi connectivity index (χ1) is 10.2. The SMILES string of the molecule is CCOC(=O)N1CCN(C(=O)N2CCCCC2CC)CC1. The lowest BCUT2D eigenvalue weighted by atomic mass is 10.0. The van der Waals surface area contributed by atoms with Crippen molar-refractivity contribution in [2.24, 2.45) is 0 Å². The summed E-state index contributed by atoms with van der Waals surface area (Å²) < 4.78 is 5.00. The number of ether oxygens (including phenoxy) is 1. The van der Waals surface area contributed by atoms with E-state index in [1.54, 1.807) is 11.8 Å². The van der Waals surface area contributed by atoms with Crippen LogP contribution in [-0.4, -0.2) is 72.2 Å². The van der Waals surface area contributed by atoms with Gasteiger partial charge in [0.2, 0.25) is 0 Å². The van der Waals surface area contributed by atoms with Gasteiger partial charge in [-0.3, -0.25) is 0 Å². The molecule has 21 heavy (non-hydrogen) atoms. The molecule has 0 aliphatic carbocycles. The standard InChI is InChI=1S/C15H27N3O3/c1-3-13-7-5-6-8-18(13)14(19)16-9-11-17(12-10-16)15(20)21-4-2/h13H,3-12H2,1-2H3. The fourth-order valence-electron chi connectivity index (χ4n) is 3.15. The fraction of sp³-hybridized carbons (Fsp3) is 0.867. The molecule has 2 aliphatic heterocycles. The van der Waals surface area contributed by atoms with E-state index in [1.807, 2.05) is 9.80 Å². The molecule has 0 radical (unpaired) electrons. The largest absolute Gasteiger partial charge is 0.450 e. The molecular weight excluding hydrogens is 270 g/mol. The molecule has 0 bridgehead atoms. The highest BCUT2D eigenvalue weighted by molar-refractivity contribution is 5.75. The minimum Gasteiger partial charge on any atom is -0.450 e. The third kappa shape index (κ3) is 3.80. The van der Waals surface area contributed by atoms with Crippen molar-refractivity contribution in [2.75, 3.05) is 39.3 Å². The van der Waals surface area contributed by atoms with Crippen LogP contribution in [0.4, 0.5) is 9.59 Å². The molecule has 0 aromatic heterocycles. The van der Waals surface area contributed by atoms with Crippen LogP contribution in [0.1, 0.15) is 39.5 Å². The summed E-state index contributed by atoms with van der Waals surface area (Å²) in [5.74, 6) is 0. The van der Waals surface area contributed by atoms with Gasteiger partial charge in [-0.1, -0.05) is 6.92 Å². The number of nitrogens with zero attached hydrogens (tertiary/aromatic N) is 3. The van der Waals surface area contributed by atoms with Crippen LogP contribution in [0.2, 0.25) is 0 Å². The van der Waals surface area contributed by atoms with E-state index < -0.39 is 0 Å². The van der Waals surface area contributed by atoms with E-state index in [1.165, 1.54) is 6.42 Å². The smallest absolute Gasteiger partial charge is 0.409 e. The van der Waals surface area contributed by atoms with E-state index in [9.17, 15) is 9.59 Å². The molecule has 0 aromatic carbocycles. The number of carbonyl (C=O) groups excluding carboxylic acids is 2. The van der Waals surface area contributed by atoms with E-state index in [-0.39, 0.29) is 12.1 Å². The Bertz CT molecular complexity index is 367. The normalized spacial score (nSPS) is 23.1. The van der Waals surface area contributed by atoms with Crippen LogP contribution < -0.4 is 0 Å². The molecule has 0 N–H and O–H groups in total. The molecule has 120 valence electrons. The van der Waals surface area contributed by atoms with Crippen molar-refractivity contribution in [1.29, 1.82) is 0 Å². The van der Waals surface area contributed by atoms with Gasteiger partial charge in [-0.25, -0.2) is 9.59 Å². The summed E-state index contributed by atoms with van der Waals surface area (Å²) in [7, 11) is 0. The van der Waals surface area contributed by atoms with Gasteiger partial charge in [-0.15, -0.1) is 0 Å². The summed E-state index contributed by atoms with van der Waals surface area (Å²) in [4.78, 5) is 29.9. The second kappa shape index (κ2) is 7.52. The summed E-state index contributed by atoms with van der Waals surface area (Å²) >= 11 is 0. The number of urea groups is 1. The molecule has 0 saturated carbocycles. The van der Waals surface area contributed by atoms with E-state index in [0.717, 1.165) is 25.8 Å². The number of rotatable bonds is 2. The number of amides is 3. The lowest BCUT2D eigenvalue weighted by molar-refractivity contribution is 0.0699. The second-order valence-corrected chi connectivity index (χ2v) is 5.71. The third-order valence-corrected chi connectivity index (χ3v) is 4.42. The van der Waals surface area contributed by atoms with Crippen LogP contribution in [-0.2, 0) is 4.74 Å². The molecule has 6 heteroatoms. The zero-order valence-electron chi connectivity index (χ0n) is 13.2. The molecule has 3 amide bonds. The van der Waals surface area contributed by atoms with E-state index in [0.29, 0.717) is 38.8 Å².